The second-order valence-corrected chi connectivity index (χ2v) is 4.70. The molecule has 1 heterocycles. The fourth-order valence-corrected chi connectivity index (χ4v) is 1.97. The Labute approximate surface area is 72.6 Å². The third-order valence-corrected chi connectivity index (χ3v) is 2.80. The molecule has 0 aromatic rings. The highest BCUT2D eigenvalue weighted by atomic mass is 32.2. The van der Waals surface area contributed by atoms with Gasteiger partial charge in [0.1, 0.15) is 6.17 Å². The summed E-state index contributed by atoms with van der Waals surface area (Å²) in [6.07, 6.45) is 4.08. The van der Waals surface area contributed by atoms with Crippen LogP contribution < -0.4 is 0 Å². The van der Waals surface area contributed by atoms with E-state index in [0.717, 1.165) is 5.71 Å². The minimum absolute atomic E-state index is 0.315. The second-order valence-electron chi connectivity index (χ2n) is 2.81. The van der Waals surface area contributed by atoms with Gasteiger partial charge in [-0.05, 0) is 19.9 Å². The molecule has 1 aliphatic heterocycles. The molecule has 0 saturated heterocycles. The molecule has 0 bridgehead atoms. The Hall–Kier alpha value is -0.840. The molecule has 1 unspecified atom stereocenters. The predicted molar refractivity (Wildman–Crippen MR) is 48.4 cm³/mol. The summed E-state index contributed by atoms with van der Waals surface area (Å²) in [4.78, 5) is 4.11. The third-order valence-electron chi connectivity index (χ3n) is 1.60. The number of sulfonamides is 1. The zero-order valence-corrected chi connectivity index (χ0v) is 8.17. The molecular weight excluding hydrogens is 176 g/mol. The van der Waals surface area contributed by atoms with Crippen molar-refractivity contribution in [3.05, 3.63) is 12.3 Å². The molecule has 68 valence electrons. The standard InChI is InChI=1S/C7H12N2O2S/c1-6-4-5-9(7(2)8-6)12(3,10)11/h4-5,7H,1-3H3. The van der Waals surface area contributed by atoms with Crippen LogP contribution in [0.5, 0.6) is 0 Å². The predicted octanol–water partition coefficient (Wildman–Crippen LogP) is 0.582. The molecule has 0 aromatic heterocycles. The van der Waals surface area contributed by atoms with Crippen LogP contribution in [0.2, 0.25) is 0 Å². The SMILES string of the molecule is CC1=NC(C)N(S(C)(=O)=O)C=C1. The molecule has 0 radical (unpaired) electrons. The lowest BCUT2D eigenvalue weighted by Gasteiger charge is -2.25. The summed E-state index contributed by atoms with van der Waals surface area (Å²) in [5, 5.41) is 0. The molecule has 1 aliphatic rings. The van der Waals surface area contributed by atoms with Gasteiger partial charge in [-0.25, -0.2) is 8.42 Å². The van der Waals surface area contributed by atoms with Crippen LogP contribution >= 0.6 is 0 Å². The van der Waals surface area contributed by atoms with E-state index < -0.39 is 10.0 Å². The van der Waals surface area contributed by atoms with Crippen molar-refractivity contribution in [2.24, 2.45) is 4.99 Å². The molecule has 12 heavy (non-hydrogen) atoms. The van der Waals surface area contributed by atoms with Crippen LogP contribution in [-0.4, -0.2) is 30.9 Å². The van der Waals surface area contributed by atoms with Gasteiger partial charge < -0.3 is 0 Å². The Kier molecular flexibility index (Phi) is 2.23. The number of hydrogen-bond acceptors (Lipinski definition) is 3. The normalized spacial score (nSPS) is 24.1. The van der Waals surface area contributed by atoms with Crippen LogP contribution in [0.3, 0.4) is 0 Å². The maximum atomic E-state index is 11.1. The van der Waals surface area contributed by atoms with E-state index in [4.69, 9.17) is 0 Å². The van der Waals surface area contributed by atoms with E-state index in [1.165, 1.54) is 10.6 Å². The highest BCUT2D eigenvalue weighted by Crippen LogP contribution is 2.11. The Bertz CT molecular complexity index is 329. The van der Waals surface area contributed by atoms with Gasteiger partial charge in [0, 0.05) is 11.9 Å². The summed E-state index contributed by atoms with van der Waals surface area (Å²) in [6.45, 7) is 3.58. The largest absolute Gasteiger partial charge is 0.264 e. The van der Waals surface area contributed by atoms with E-state index in [0.29, 0.717) is 0 Å². The molecule has 0 spiro atoms. The van der Waals surface area contributed by atoms with Gasteiger partial charge in [0.05, 0.1) is 6.26 Å². The van der Waals surface area contributed by atoms with Gasteiger partial charge in [0.15, 0.2) is 0 Å². The second kappa shape index (κ2) is 2.90. The summed E-state index contributed by atoms with van der Waals surface area (Å²) >= 11 is 0. The van der Waals surface area contributed by atoms with E-state index in [-0.39, 0.29) is 6.17 Å². The van der Waals surface area contributed by atoms with Crippen molar-refractivity contribution in [3.8, 4) is 0 Å². The Morgan fingerprint density at radius 2 is 2.17 bits per heavy atom. The number of hydrogen-bond donors (Lipinski definition) is 0. The van der Waals surface area contributed by atoms with Crippen LogP contribution in [0.4, 0.5) is 0 Å². The van der Waals surface area contributed by atoms with Gasteiger partial charge in [-0.1, -0.05) is 0 Å². The first-order valence-electron chi connectivity index (χ1n) is 3.62. The van der Waals surface area contributed by atoms with Gasteiger partial charge in [0.2, 0.25) is 10.0 Å². The Morgan fingerprint density at radius 3 is 2.58 bits per heavy atom. The zero-order valence-electron chi connectivity index (χ0n) is 7.35. The number of nitrogens with zero attached hydrogens (tertiary/aromatic N) is 2. The average Bonchev–Trinajstić information content (AvgIpc) is 1.83. The lowest BCUT2D eigenvalue weighted by molar-refractivity contribution is 0.431. The maximum Gasteiger partial charge on any atom is 0.233 e. The summed E-state index contributed by atoms with van der Waals surface area (Å²) < 4.78 is 23.5. The van der Waals surface area contributed by atoms with Crippen molar-refractivity contribution in [1.29, 1.82) is 0 Å². The van der Waals surface area contributed by atoms with Crippen molar-refractivity contribution in [1.82, 2.24) is 4.31 Å². The van der Waals surface area contributed by atoms with Crippen molar-refractivity contribution < 1.29 is 8.42 Å². The van der Waals surface area contributed by atoms with Crippen LogP contribution in [0, 0.1) is 0 Å². The minimum Gasteiger partial charge on any atom is -0.264 e. The number of aliphatic imine (C=N–C) groups is 1. The lowest BCUT2D eigenvalue weighted by Crippen LogP contribution is -2.34. The van der Waals surface area contributed by atoms with E-state index >= 15 is 0 Å². The summed E-state index contributed by atoms with van der Waals surface area (Å²) in [7, 11) is -3.16. The first-order chi connectivity index (χ1) is 5.41. The van der Waals surface area contributed by atoms with Crippen LogP contribution in [0.25, 0.3) is 0 Å². The van der Waals surface area contributed by atoms with Gasteiger partial charge in [-0.3, -0.25) is 9.30 Å². The maximum absolute atomic E-state index is 11.1. The fraction of sp³-hybridized carbons (Fsp3) is 0.571. The first kappa shape index (κ1) is 9.25. The molecule has 4 nitrogen and oxygen atoms in total. The summed E-state index contributed by atoms with van der Waals surface area (Å²) in [5.74, 6) is 0. The highest BCUT2D eigenvalue weighted by Gasteiger charge is 2.20. The molecule has 0 fully saturated rings. The van der Waals surface area contributed by atoms with Gasteiger partial charge in [0.25, 0.3) is 0 Å². The van der Waals surface area contributed by atoms with Gasteiger partial charge in [-0.2, -0.15) is 0 Å². The molecule has 0 saturated carbocycles. The first-order valence-corrected chi connectivity index (χ1v) is 5.47. The van der Waals surface area contributed by atoms with Gasteiger partial charge >= 0.3 is 0 Å². The molecule has 1 atom stereocenters. The van der Waals surface area contributed by atoms with E-state index in [1.807, 2.05) is 6.92 Å². The highest BCUT2D eigenvalue weighted by molar-refractivity contribution is 7.88. The average molecular weight is 188 g/mol. The van der Waals surface area contributed by atoms with Crippen molar-refractivity contribution in [2.75, 3.05) is 6.26 Å². The fourth-order valence-electron chi connectivity index (χ4n) is 1.09. The van der Waals surface area contributed by atoms with E-state index in [1.54, 1.807) is 19.2 Å². The number of allylic oxidation sites excluding steroid dienone is 1. The van der Waals surface area contributed by atoms with Crippen LogP contribution in [0.1, 0.15) is 13.8 Å². The van der Waals surface area contributed by atoms with Crippen molar-refractivity contribution >= 4 is 15.7 Å². The van der Waals surface area contributed by atoms with Gasteiger partial charge in [-0.15, -0.1) is 0 Å². The van der Waals surface area contributed by atoms with Crippen LogP contribution in [-0.2, 0) is 10.0 Å². The lowest BCUT2D eigenvalue weighted by atomic mass is 10.3. The van der Waals surface area contributed by atoms with E-state index in [9.17, 15) is 8.42 Å². The smallest absolute Gasteiger partial charge is 0.233 e. The Morgan fingerprint density at radius 1 is 1.58 bits per heavy atom. The molecule has 0 N–H and O–H groups in total. The molecule has 0 aromatic carbocycles. The van der Waals surface area contributed by atoms with Crippen molar-refractivity contribution in [2.45, 2.75) is 20.0 Å². The molecule has 0 amide bonds. The minimum atomic E-state index is -3.16. The monoisotopic (exact) mass is 188 g/mol. The summed E-state index contributed by atoms with van der Waals surface area (Å²) in [5.41, 5.74) is 0.849. The molecular formula is C7H12N2O2S. The molecule has 5 heteroatoms. The van der Waals surface area contributed by atoms with Crippen LogP contribution in [0.15, 0.2) is 17.3 Å². The molecule has 0 aliphatic carbocycles. The summed E-state index contributed by atoms with van der Waals surface area (Å²) in [6, 6.07) is 0. The van der Waals surface area contributed by atoms with E-state index in [2.05, 4.69) is 4.99 Å². The Balaban J connectivity index is 2.95. The quantitative estimate of drug-likeness (QED) is 0.604. The third kappa shape index (κ3) is 1.85. The topological polar surface area (TPSA) is 49.7 Å². The molecule has 1 rings (SSSR count). The zero-order chi connectivity index (χ0) is 9.35. The van der Waals surface area contributed by atoms with Crippen molar-refractivity contribution in [3.63, 3.8) is 0 Å². The number of rotatable bonds is 1.